The monoisotopic (exact) mass is 330 g/mol. The highest BCUT2D eigenvalue weighted by molar-refractivity contribution is 7.07. The Morgan fingerprint density at radius 1 is 1.30 bits per heavy atom. The Morgan fingerprint density at radius 3 is 2.61 bits per heavy atom. The number of benzene rings is 1. The van der Waals surface area contributed by atoms with Crippen LogP contribution in [0.15, 0.2) is 47.2 Å². The van der Waals surface area contributed by atoms with Crippen LogP contribution in [0.1, 0.15) is 24.5 Å². The quantitative estimate of drug-likeness (QED) is 0.436. The van der Waals surface area contributed by atoms with Gasteiger partial charge in [0.2, 0.25) is 5.91 Å². The summed E-state index contributed by atoms with van der Waals surface area (Å²) in [4.78, 5) is 24.3. The van der Waals surface area contributed by atoms with E-state index in [1.165, 1.54) is 18.2 Å². The average Bonchev–Trinajstić information content (AvgIpc) is 3.05. The Kier molecular flexibility index (Phi) is 6.05. The average molecular weight is 330 g/mol. The Morgan fingerprint density at radius 2 is 2.04 bits per heavy atom. The maximum Gasteiger partial charge on any atom is 0.269 e. The van der Waals surface area contributed by atoms with E-state index in [0.717, 1.165) is 17.5 Å². The van der Waals surface area contributed by atoms with Crippen LogP contribution in [-0.2, 0) is 11.3 Å². The van der Waals surface area contributed by atoms with Crippen molar-refractivity contribution in [1.82, 2.24) is 4.90 Å². The van der Waals surface area contributed by atoms with E-state index in [9.17, 15) is 14.9 Å². The van der Waals surface area contributed by atoms with E-state index in [2.05, 4.69) is 0 Å². The smallest absolute Gasteiger partial charge is 0.269 e. The molecule has 0 unspecified atom stereocenters. The van der Waals surface area contributed by atoms with Crippen LogP contribution in [0.4, 0.5) is 5.69 Å². The van der Waals surface area contributed by atoms with E-state index >= 15 is 0 Å². The van der Waals surface area contributed by atoms with Gasteiger partial charge in [-0.1, -0.05) is 6.92 Å². The van der Waals surface area contributed by atoms with Crippen molar-refractivity contribution in [2.45, 2.75) is 19.9 Å². The van der Waals surface area contributed by atoms with Crippen molar-refractivity contribution in [1.29, 1.82) is 0 Å². The van der Waals surface area contributed by atoms with Crippen LogP contribution < -0.4 is 0 Å². The number of hydrogen-bond donors (Lipinski definition) is 0. The maximum atomic E-state index is 12.3. The fraction of sp³-hybridized carbons (Fsp3) is 0.235. The molecule has 0 aliphatic carbocycles. The molecule has 0 saturated carbocycles. The number of rotatable bonds is 7. The van der Waals surface area contributed by atoms with Crippen molar-refractivity contribution in [2.75, 3.05) is 6.54 Å². The van der Waals surface area contributed by atoms with E-state index in [1.807, 2.05) is 23.8 Å². The molecule has 0 saturated heterocycles. The summed E-state index contributed by atoms with van der Waals surface area (Å²) >= 11 is 1.61. The summed E-state index contributed by atoms with van der Waals surface area (Å²) in [6, 6.07) is 8.13. The molecule has 0 bridgehead atoms. The van der Waals surface area contributed by atoms with Gasteiger partial charge in [-0.05, 0) is 52.6 Å². The van der Waals surface area contributed by atoms with Crippen molar-refractivity contribution in [3.05, 3.63) is 68.4 Å². The number of non-ortho nitro benzene ring substituents is 1. The lowest BCUT2D eigenvalue weighted by atomic mass is 10.2. The molecule has 1 amide bonds. The van der Waals surface area contributed by atoms with Crippen LogP contribution in [0, 0.1) is 10.1 Å². The highest BCUT2D eigenvalue weighted by Crippen LogP contribution is 2.14. The molecule has 0 fully saturated rings. The molecule has 1 aromatic heterocycles. The number of thiophene rings is 1. The van der Waals surface area contributed by atoms with Gasteiger partial charge >= 0.3 is 0 Å². The van der Waals surface area contributed by atoms with Crippen molar-refractivity contribution >= 4 is 29.0 Å². The molecule has 5 nitrogen and oxygen atoms in total. The Hall–Kier alpha value is -2.47. The zero-order chi connectivity index (χ0) is 16.7. The molecule has 0 aliphatic heterocycles. The van der Waals surface area contributed by atoms with E-state index in [0.29, 0.717) is 13.1 Å². The largest absolute Gasteiger partial charge is 0.335 e. The summed E-state index contributed by atoms with van der Waals surface area (Å²) in [5.41, 5.74) is 1.93. The van der Waals surface area contributed by atoms with Crippen molar-refractivity contribution in [3.8, 4) is 0 Å². The van der Waals surface area contributed by atoms with Gasteiger partial charge in [0.15, 0.2) is 0 Å². The van der Waals surface area contributed by atoms with E-state index < -0.39 is 4.92 Å². The zero-order valence-corrected chi connectivity index (χ0v) is 13.7. The van der Waals surface area contributed by atoms with Gasteiger partial charge in [-0.25, -0.2) is 0 Å². The molecule has 2 rings (SSSR count). The lowest BCUT2D eigenvalue weighted by molar-refractivity contribution is -0.384. The number of nitrogens with zero attached hydrogens (tertiary/aromatic N) is 2. The van der Waals surface area contributed by atoms with Gasteiger partial charge in [0, 0.05) is 31.3 Å². The summed E-state index contributed by atoms with van der Waals surface area (Å²) in [6.07, 6.45) is 4.09. The van der Waals surface area contributed by atoms with Crippen molar-refractivity contribution < 1.29 is 9.72 Å². The van der Waals surface area contributed by atoms with E-state index in [1.54, 1.807) is 34.4 Å². The predicted molar refractivity (Wildman–Crippen MR) is 92.2 cm³/mol. The molecule has 0 N–H and O–H groups in total. The van der Waals surface area contributed by atoms with Gasteiger partial charge in [-0.3, -0.25) is 14.9 Å². The number of nitro benzene ring substituents is 1. The minimum Gasteiger partial charge on any atom is -0.335 e. The topological polar surface area (TPSA) is 63.5 Å². The van der Waals surface area contributed by atoms with Crippen molar-refractivity contribution in [2.24, 2.45) is 0 Å². The van der Waals surface area contributed by atoms with Gasteiger partial charge in [0.25, 0.3) is 5.69 Å². The SMILES string of the molecule is CCCN(Cc1ccsc1)C(=O)/C=C/c1ccc([N+](=O)[O-])cc1. The third-order valence-electron chi connectivity index (χ3n) is 3.28. The molecular formula is C17H18N2O3S. The number of amides is 1. The van der Waals surface area contributed by atoms with Gasteiger partial charge in [0.1, 0.15) is 0 Å². The lowest BCUT2D eigenvalue weighted by Gasteiger charge is -2.19. The fourth-order valence-corrected chi connectivity index (χ4v) is 2.78. The molecule has 120 valence electrons. The van der Waals surface area contributed by atoms with Gasteiger partial charge in [0.05, 0.1) is 4.92 Å². The third kappa shape index (κ3) is 5.03. The van der Waals surface area contributed by atoms with Crippen LogP contribution in [0.5, 0.6) is 0 Å². The third-order valence-corrected chi connectivity index (χ3v) is 4.01. The Bertz CT molecular complexity index is 678. The zero-order valence-electron chi connectivity index (χ0n) is 12.8. The van der Waals surface area contributed by atoms with Gasteiger partial charge < -0.3 is 4.90 Å². The minimum absolute atomic E-state index is 0.0403. The highest BCUT2D eigenvalue weighted by atomic mass is 32.1. The standard InChI is InChI=1S/C17H18N2O3S/c1-2-10-18(12-15-9-11-23-13-15)17(20)8-5-14-3-6-16(7-4-14)19(21)22/h3-9,11,13H,2,10,12H2,1H3/b8-5+. The second-order valence-electron chi connectivity index (χ2n) is 5.07. The number of hydrogen-bond acceptors (Lipinski definition) is 4. The van der Waals surface area contributed by atoms with Crippen LogP contribution >= 0.6 is 11.3 Å². The molecule has 0 atom stereocenters. The summed E-state index contributed by atoms with van der Waals surface area (Å²) in [5.74, 6) is -0.0589. The van der Waals surface area contributed by atoms with Gasteiger partial charge in [-0.15, -0.1) is 0 Å². The van der Waals surface area contributed by atoms with Crippen LogP contribution in [0.3, 0.4) is 0 Å². The van der Waals surface area contributed by atoms with Gasteiger partial charge in [-0.2, -0.15) is 11.3 Å². The lowest BCUT2D eigenvalue weighted by Crippen LogP contribution is -2.29. The molecule has 1 aromatic carbocycles. The summed E-state index contributed by atoms with van der Waals surface area (Å²) < 4.78 is 0. The highest BCUT2D eigenvalue weighted by Gasteiger charge is 2.10. The molecule has 23 heavy (non-hydrogen) atoms. The Labute approximate surface area is 139 Å². The first-order valence-electron chi connectivity index (χ1n) is 7.32. The molecule has 0 radical (unpaired) electrons. The summed E-state index contributed by atoms with van der Waals surface area (Å²) in [6.45, 7) is 3.33. The maximum absolute atomic E-state index is 12.3. The van der Waals surface area contributed by atoms with E-state index in [4.69, 9.17) is 0 Å². The minimum atomic E-state index is -0.442. The molecule has 0 spiro atoms. The first-order chi connectivity index (χ1) is 11.1. The molecule has 0 aliphatic rings. The molecule has 1 heterocycles. The molecular weight excluding hydrogens is 312 g/mol. The second kappa shape index (κ2) is 8.24. The second-order valence-corrected chi connectivity index (χ2v) is 5.85. The number of nitro groups is 1. The number of carbonyl (C=O) groups is 1. The molecule has 2 aromatic rings. The van der Waals surface area contributed by atoms with Crippen LogP contribution in [0.2, 0.25) is 0 Å². The summed E-state index contributed by atoms with van der Waals surface area (Å²) in [7, 11) is 0. The number of carbonyl (C=O) groups excluding carboxylic acids is 1. The van der Waals surface area contributed by atoms with Crippen LogP contribution in [0.25, 0.3) is 6.08 Å². The fourth-order valence-electron chi connectivity index (χ4n) is 2.12. The summed E-state index contributed by atoms with van der Waals surface area (Å²) in [5, 5.41) is 14.7. The predicted octanol–water partition coefficient (Wildman–Crippen LogP) is 4.11. The Balaban J connectivity index is 2.03. The first-order valence-corrected chi connectivity index (χ1v) is 8.27. The van der Waals surface area contributed by atoms with Crippen molar-refractivity contribution in [3.63, 3.8) is 0 Å². The first kappa shape index (κ1) is 16.9. The van der Waals surface area contributed by atoms with E-state index in [-0.39, 0.29) is 11.6 Å². The normalized spacial score (nSPS) is 10.8. The molecule has 6 heteroatoms. The van der Waals surface area contributed by atoms with Crippen LogP contribution in [-0.4, -0.2) is 22.3 Å².